The molecule has 4 N–H and O–H groups in total. The maximum Gasteiger partial charge on any atom is 0.255 e. The lowest BCUT2D eigenvalue weighted by atomic mass is 9.96. The van der Waals surface area contributed by atoms with Crippen LogP contribution < -0.4 is 16.4 Å². The van der Waals surface area contributed by atoms with E-state index in [1.54, 1.807) is 30.3 Å². The molecule has 1 fully saturated rings. The van der Waals surface area contributed by atoms with Crippen molar-refractivity contribution in [3.63, 3.8) is 0 Å². The van der Waals surface area contributed by atoms with Gasteiger partial charge in [0.25, 0.3) is 5.91 Å². The number of hydrogen-bond acceptors (Lipinski definition) is 6. The second-order valence-electron chi connectivity index (χ2n) is 9.63. The van der Waals surface area contributed by atoms with Crippen LogP contribution in [0.5, 0.6) is 0 Å². The quantitative estimate of drug-likeness (QED) is 0.368. The first kappa shape index (κ1) is 27.7. The van der Waals surface area contributed by atoms with Crippen molar-refractivity contribution in [2.45, 2.75) is 25.7 Å². The molecule has 2 heterocycles. The first-order chi connectivity index (χ1) is 19.0. The summed E-state index contributed by atoms with van der Waals surface area (Å²) in [7, 11) is 0. The van der Waals surface area contributed by atoms with E-state index in [2.05, 4.69) is 16.7 Å². The molecular weight excluding hydrogens is 495 g/mol. The van der Waals surface area contributed by atoms with Crippen molar-refractivity contribution in [2.24, 2.45) is 11.7 Å². The van der Waals surface area contributed by atoms with Crippen LogP contribution in [0.2, 0.25) is 0 Å². The van der Waals surface area contributed by atoms with Crippen molar-refractivity contribution in [3.05, 3.63) is 83.2 Å². The standard InChI is InChI=1S/C30H33FN6O2/c31-24-6-3-4-21(18-24)11-15-34-29-26(8-9-27(36-29)25-7-2-1-5-23(25)19-33)30(39)35-20-22-12-16-37(17-13-22)28(38)10-14-32/h1-9,18,22H,10-17,20,32H2,(H,34,36)(H,35,39). The zero-order valence-electron chi connectivity index (χ0n) is 21.8. The molecule has 1 aliphatic rings. The number of amides is 2. The van der Waals surface area contributed by atoms with Crippen molar-refractivity contribution < 1.29 is 14.0 Å². The third-order valence-electron chi connectivity index (χ3n) is 6.94. The number of nitrogens with zero attached hydrogens (tertiary/aromatic N) is 3. The van der Waals surface area contributed by atoms with Crippen LogP contribution in [0.3, 0.4) is 0 Å². The first-order valence-corrected chi connectivity index (χ1v) is 13.2. The molecule has 0 aliphatic carbocycles. The van der Waals surface area contributed by atoms with Crippen LogP contribution in [0, 0.1) is 23.1 Å². The van der Waals surface area contributed by atoms with Crippen LogP contribution >= 0.6 is 0 Å². The number of aromatic nitrogens is 1. The molecular formula is C30H33FN6O2. The molecule has 0 spiro atoms. The average molecular weight is 529 g/mol. The first-order valence-electron chi connectivity index (χ1n) is 13.2. The second kappa shape index (κ2) is 13.5. The molecule has 0 radical (unpaired) electrons. The van der Waals surface area contributed by atoms with E-state index in [-0.39, 0.29) is 23.5 Å². The number of hydrogen-bond donors (Lipinski definition) is 3. The number of carbonyl (C=O) groups excluding carboxylic acids is 2. The van der Waals surface area contributed by atoms with Gasteiger partial charge in [0, 0.05) is 44.7 Å². The number of anilines is 1. The molecule has 2 amide bonds. The summed E-state index contributed by atoms with van der Waals surface area (Å²) >= 11 is 0. The Bertz CT molecular complexity index is 1350. The third kappa shape index (κ3) is 7.39. The Balaban J connectivity index is 1.46. The van der Waals surface area contributed by atoms with Crippen molar-refractivity contribution in [1.29, 1.82) is 5.26 Å². The lowest BCUT2D eigenvalue weighted by molar-refractivity contribution is -0.132. The van der Waals surface area contributed by atoms with Crippen molar-refractivity contribution in [3.8, 4) is 17.3 Å². The number of pyridine rings is 1. The number of nitrogens with one attached hydrogen (secondary N) is 2. The number of rotatable bonds is 10. The number of piperidine rings is 1. The molecule has 9 heteroatoms. The maximum absolute atomic E-state index is 13.6. The van der Waals surface area contributed by atoms with Crippen molar-refractivity contribution in [1.82, 2.24) is 15.2 Å². The van der Waals surface area contributed by atoms with Gasteiger partial charge in [-0.25, -0.2) is 9.37 Å². The van der Waals surface area contributed by atoms with E-state index in [9.17, 15) is 19.2 Å². The number of nitriles is 1. The zero-order valence-corrected chi connectivity index (χ0v) is 21.8. The van der Waals surface area contributed by atoms with E-state index in [0.29, 0.717) is 73.8 Å². The van der Waals surface area contributed by atoms with Crippen LogP contribution in [-0.2, 0) is 11.2 Å². The van der Waals surface area contributed by atoms with Gasteiger partial charge in [-0.05, 0) is 61.1 Å². The third-order valence-corrected chi connectivity index (χ3v) is 6.94. The predicted molar refractivity (Wildman–Crippen MR) is 148 cm³/mol. The number of halogens is 1. The summed E-state index contributed by atoms with van der Waals surface area (Å²) in [6.45, 7) is 2.62. The molecule has 3 aromatic rings. The van der Waals surface area contributed by atoms with Crippen LogP contribution in [-0.4, -0.2) is 54.4 Å². The van der Waals surface area contributed by atoms with Gasteiger partial charge in [-0.1, -0.05) is 30.3 Å². The van der Waals surface area contributed by atoms with E-state index >= 15 is 0 Å². The molecule has 202 valence electrons. The van der Waals surface area contributed by atoms with Gasteiger partial charge in [-0.2, -0.15) is 5.26 Å². The fourth-order valence-electron chi connectivity index (χ4n) is 4.75. The predicted octanol–water partition coefficient (Wildman–Crippen LogP) is 3.73. The van der Waals surface area contributed by atoms with E-state index in [4.69, 9.17) is 10.7 Å². The largest absolute Gasteiger partial charge is 0.369 e. The molecule has 0 atom stereocenters. The molecule has 8 nitrogen and oxygen atoms in total. The van der Waals surface area contributed by atoms with Gasteiger partial charge in [0.15, 0.2) is 0 Å². The Morgan fingerprint density at radius 2 is 1.90 bits per heavy atom. The summed E-state index contributed by atoms with van der Waals surface area (Å²) in [5.41, 5.74) is 8.46. The summed E-state index contributed by atoms with van der Waals surface area (Å²) in [5.74, 6) is 0.206. The van der Waals surface area contributed by atoms with Crippen molar-refractivity contribution >= 4 is 17.6 Å². The number of carbonyl (C=O) groups is 2. The van der Waals surface area contributed by atoms with Crippen LogP contribution in [0.25, 0.3) is 11.3 Å². The summed E-state index contributed by atoms with van der Waals surface area (Å²) < 4.78 is 13.6. The number of likely N-dealkylation sites (tertiary alicyclic amines) is 1. The topological polar surface area (TPSA) is 124 Å². The normalized spacial score (nSPS) is 13.5. The van der Waals surface area contributed by atoms with Gasteiger partial charge in [0.05, 0.1) is 22.9 Å². The Morgan fingerprint density at radius 1 is 1.10 bits per heavy atom. The summed E-state index contributed by atoms with van der Waals surface area (Å²) in [6.07, 6.45) is 2.54. The molecule has 0 saturated carbocycles. The minimum atomic E-state index is -0.296. The highest BCUT2D eigenvalue weighted by Gasteiger charge is 2.23. The monoisotopic (exact) mass is 528 g/mol. The number of benzene rings is 2. The van der Waals surface area contributed by atoms with Gasteiger partial charge < -0.3 is 21.3 Å². The maximum atomic E-state index is 13.6. The summed E-state index contributed by atoms with van der Waals surface area (Å²) in [5, 5.41) is 15.8. The highest BCUT2D eigenvalue weighted by molar-refractivity contribution is 5.99. The fraction of sp³-hybridized carbons (Fsp3) is 0.333. The fourth-order valence-corrected chi connectivity index (χ4v) is 4.75. The molecule has 2 aromatic carbocycles. The lowest BCUT2D eigenvalue weighted by Gasteiger charge is -2.32. The Hall–Kier alpha value is -4.29. The van der Waals surface area contributed by atoms with Crippen molar-refractivity contribution in [2.75, 3.05) is 38.0 Å². The Morgan fingerprint density at radius 3 is 2.64 bits per heavy atom. The zero-order chi connectivity index (χ0) is 27.6. The lowest BCUT2D eigenvalue weighted by Crippen LogP contribution is -2.42. The van der Waals surface area contributed by atoms with Crippen LogP contribution in [0.1, 0.15) is 40.7 Å². The number of nitrogens with two attached hydrogens (primary N) is 1. The highest BCUT2D eigenvalue weighted by atomic mass is 19.1. The molecule has 4 rings (SSSR count). The molecule has 1 aromatic heterocycles. The summed E-state index contributed by atoms with van der Waals surface area (Å²) in [6, 6.07) is 19.2. The molecule has 0 bridgehead atoms. The van der Waals surface area contributed by atoms with Gasteiger partial charge in [-0.3, -0.25) is 9.59 Å². The highest BCUT2D eigenvalue weighted by Crippen LogP contribution is 2.25. The molecule has 0 unspecified atom stereocenters. The minimum absolute atomic E-state index is 0.0816. The van der Waals surface area contributed by atoms with E-state index in [0.717, 1.165) is 18.4 Å². The SMILES string of the molecule is N#Cc1ccccc1-c1ccc(C(=O)NCC2CCN(C(=O)CCN)CC2)c(NCCc2cccc(F)c2)n1. The Labute approximate surface area is 228 Å². The van der Waals surface area contributed by atoms with Gasteiger partial charge >= 0.3 is 0 Å². The smallest absolute Gasteiger partial charge is 0.255 e. The molecule has 39 heavy (non-hydrogen) atoms. The average Bonchev–Trinajstić information content (AvgIpc) is 2.96. The molecule has 1 aliphatic heterocycles. The van der Waals surface area contributed by atoms with Gasteiger partial charge in [0.1, 0.15) is 11.6 Å². The summed E-state index contributed by atoms with van der Waals surface area (Å²) in [4.78, 5) is 31.9. The van der Waals surface area contributed by atoms with E-state index in [1.807, 2.05) is 23.1 Å². The van der Waals surface area contributed by atoms with E-state index < -0.39 is 0 Å². The van der Waals surface area contributed by atoms with Gasteiger partial charge in [0.2, 0.25) is 5.91 Å². The second-order valence-corrected chi connectivity index (χ2v) is 9.63. The minimum Gasteiger partial charge on any atom is -0.369 e. The van der Waals surface area contributed by atoms with Crippen LogP contribution in [0.4, 0.5) is 10.2 Å². The molecule has 1 saturated heterocycles. The van der Waals surface area contributed by atoms with Gasteiger partial charge in [-0.15, -0.1) is 0 Å². The van der Waals surface area contributed by atoms with Crippen LogP contribution in [0.15, 0.2) is 60.7 Å². The Kier molecular flexibility index (Phi) is 9.59. The van der Waals surface area contributed by atoms with E-state index in [1.165, 1.54) is 12.1 Å².